The van der Waals surface area contributed by atoms with Gasteiger partial charge in [0.1, 0.15) is 5.75 Å². The van der Waals surface area contributed by atoms with Gasteiger partial charge in [-0.3, -0.25) is 4.79 Å². The third kappa shape index (κ3) is 3.04. The highest BCUT2D eigenvalue weighted by Crippen LogP contribution is 2.12. The molecule has 5 heteroatoms. The van der Waals surface area contributed by atoms with Crippen molar-refractivity contribution in [3.05, 3.63) is 35.7 Å². The van der Waals surface area contributed by atoms with Gasteiger partial charge in [-0.1, -0.05) is 11.6 Å². The van der Waals surface area contributed by atoms with E-state index in [0.29, 0.717) is 6.54 Å². The molecule has 2 heterocycles. The van der Waals surface area contributed by atoms with Crippen molar-refractivity contribution in [3.63, 3.8) is 0 Å². The number of hydrogen-bond donors (Lipinski definition) is 3. The van der Waals surface area contributed by atoms with Crippen LogP contribution >= 0.6 is 0 Å². The molecule has 0 aromatic carbocycles. The lowest BCUT2D eigenvalue weighted by Gasteiger charge is -2.14. The second-order valence-corrected chi connectivity index (χ2v) is 3.87. The number of carbonyl (C=O) groups is 1. The maximum Gasteiger partial charge on any atom is 0.273 e. The van der Waals surface area contributed by atoms with Crippen molar-refractivity contribution < 1.29 is 9.90 Å². The molecule has 1 aliphatic heterocycles. The maximum atomic E-state index is 11.7. The number of aromatic nitrogens is 1. The molecule has 0 spiro atoms. The van der Waals surface area contributed by atoms with E-state index in [1.54, 1.807) is 6.07 Å². The summed E-state index contributed by atoms with van der Waals surface area (Å²) in [5.74, 6) is -0.438. The predicted octanol–water partition coefficient (Wildman–Crippen LogP) is 0.437. The van der Waals surface area contributed by atoms with Crippen LogP contribution in [0.15, 0.2) is 30.0 Å². The Labute approximate surface area is 99.6 Å². The van der Waals surface area contributed by atoms with Crippen molar-refractivity contribution in [2.24, 2.45) is 0 Å². The van der Waals surface area contributed by atoms with E-state index in [4.69, 9.17) is 0 Å². The van der Waals surface area contributed by atoms with Gasteiger partial charge in [-0.2, -0.15) is 0 Å². The molecule has 3 N–H and O–H groups in total. The Morgan fingerprint density at radius 1 is 1.59 bits per heavy atom. The summed E-state index contributed by atoms with van der Waals surface area (Å²) >= 11 is 0. The van der Waals surface area contributed by atoms with E-state index in [-0.39, 0.29) is 17.4 Å². The average Bonchev–Trinajstić information content (AvgIpc) is 2.38. The molecule has 0 atom stereocenters. The number of rotatable bonds is 3. The highest BCUT2D eigenvalue weighted by molar-refractivity contribution is 5.94. The zero-order chi connectivity index (χ0) is 12.1. The number of aromatic hydroxyl groups is 1. The van der Waals surface area contributed by atoms with Gasteiger partial charge in [0.05, 0.1) is 0 Å². The molecule has 0 bridgehead atoms. The van der Waals surface area contributed by atoms with Crippen LogP contribution in [0.2, 0.25) is 0 Å². The Kier molecular flexibility index (Phi) is 3.72. The Balaban J connectivity index is 1.93. The number of nitrogens with one attached hydrogen (secondary N) is 2. The molecule has 1 aromatic heterocycles. The lowest BCUT2D eigenvalue weighted by molar-refractivity contribution is 0.0948. The van der Waals surface area contributed by atoms with Crippen LogP contribution in [-0.2, 0) is 0 Å². The zero-order valence-electron chi connectivity index (χ0n) is 9.44. The summed E-state index contributed by atoms with van der Waals surface area (Å²) in [6, 6.07) is 3.03. The van der Waals surface area contributed by atoms with Crippen LogP contribution in [0.1, 0.15) is 16.9 Å². The highest BCUT2D eigenvalue weighted by atomic mass is 16.3. The number of nitrogens with zero attached hydrogens (tertiary/aromatic N) is 1. The van der Waals surface area contributed by atoms with E-state index >= 15 is 0 Å². The molecule has 0 radical (unpaired) electrons. The third-order valence-corrected chi connectivity index (χ3v) is 2.64. The molecule has 0 saturated carbocycles. The molecule has 90 valence electrons. The summed E-state index contributed by atoms with van der Waals surface area (Å²) in [6.45, 7) is 2.30. The van der Waals surface area contributed by atoms with Crippen LogP contribution in [0.3, 0.4) is 0 Å². The van der Waals surface area contributed by atoms with E-state index < -0.39 is 0 Å². The van der Waals surface area contributed by atoms with Crippen LogP contribution in [0.4, 0.5) is 0 Å². The normalized spacial score (nSPS) is 15.2. The Hall–Kier alpha value is -1.88. The molecule has 1 aliphatic rings. The van der Waals surface area contributed by atoms with E-state index in [0.717, 1.165) is 19.5 Å². The predicted molar refractivity (Wildman–Crippen MR) is 63.8 cm³/mol. The summed E-state index contributed by atoms with van der Waals surface area (Å²) in [7, 11) is 0. The maximum absolute atomic E-state index is 11.7. The summed E-state index contributed by atoms with van der Waals surface area (Å²) in [6.07, 6.45) is 4.50. The van der Waals surface area contributed by atoms with Crippen LogP contribution in [0, 0.1) is 0 Å². The fourth-order valence-corrected chi connectivity index (χ4v) is 1.68. The van der Waals surface area contributed by atoms with Gasteiger partial charge in [-0.05, 0) is 25.1 Å². The molecule has 0 fully saturated rings. The largest absolute Gasteiger partial charge is 0.505 e. The first-order chi connectivity index (χ1) is 8.27. The van der Waals surface area contributed by atoms with Crippen molar-refractivity contribution >= 4 is 5.91 Å². The SMILES string of the molecule is O=C(NCC1=CCNCC1)c1ncccc1O. The van der Waals surface area contributed by atoms with Crippen LogP contribution in [0.25, 0.3) is 0 Å². The molecule has 0 unspecified atom stereocenters. The molecule has 1 amide bonds. The van der Waals surface area contributed by atoms with Crippen molar-refractivity contribution in [1.29, 1.82) is 0 Å². The molecular weight excluding hydrogens is 218 g/mol. The Bertz CT molecular complexity index is 443. The van der Waals surface area contributed by atoms with Crippen LogP contribution in [0.5, 0.6) is 5.75 Å². The fraction of sp³-hybridized carbons (Fsp3) is 0.333. The lowest BCUT2D eigenvalue weighted by Crippen LogP contribution is -2.30. The topological polar surface area (TPSA) is 74.2 Å². The molecule has 1 aromatic rings. The third-order valence-electron chi connectivity index (χ3n) is 2.64. The van der Waals surface area contributed by atoms with Crippen molar-refractivity contribution in [3.8, 4) is 5.75 Å². The van der Waals surface area contributed by atoms with Gasteiger partial charge in [0.25, 0.3) is 5.91 Å². The van der Waals surface area contributed by atoms with Gasteiger partial charge in [-0.25, -0.2) is 4.98 Å². The number of hydrogen-bond acceptors (Lipinski definition) is 4. The highest BCUT2D eigenvalue weighted by Gasteiger charge is 2.12. The van der Waals surface area contributed by atoms with Gasteiger partial charge in [0, 0.05) is 19.3 Å². The van der Waals surface area contributed by atoms with E-state index in [9.17, 15) is 9.90 Å². The first kappa shape index (κ1) is 11.6. The van der Waals surface area contributed by atoms with Gasteiger partial charge >= 0.3 is 0 Å². The fourth-order valence-electron chi connectivity index (χ4n) is 1.68. The zero-order valence-corrected chi connectivity index (χ0v) is 9.44. The first-order valence-corrected chi connectivity index (χ1v) is 5.58. The number of carbonyl (C=O) groups excluding carboxylic acids is 1. The quantitative estimate of drug-likeness (QED) is 0.662. The van der Waals surface area contributed by atoms with Crippen molar-refractivity contribution in [1.82, 2.24) is 15.6 Å². The number of pyridine rings is 1. The van der Waals surface area contributed by atoms with Crippen molar-refractivity contribution in [2.45, 2.75) is 6.42 Å². The minimum atomic E-state index is -0.345. The first-order valence-electron chi connectivity index (χ1n) is 5.58. The molecule has 0 aliphatic carbocycles. The summed E-state index contributed by atoms with van der Waals surface area (Å²) in [5.41, 5.74) is 1.27. The van der Waals surface area contributed by atoms with Crippen LogP contribution in [-0.4, -0.2) is 35.6 Å². The van der Waals surface area contributed by atoms with Crippen molar-refractivity contribution in [2.75, 3.05) is 19.6 Å². The average molecular weight is 233 g/mol. The molecule has 17 heavy (non-hydrogen) atoms. The second kappa shape index (κ2) is 5.45. The lowest BCUT2D eigenvalue weighted by atomic mass is 10.1. The van der Waals surface area contributed by atoms with E-state index in [1.807, 2.05) is 0 Å². The monoisotopic (exact) mass is 233 g/mol. The summed E-state index contributed by atoms with van der Waals surface area (Å²) < 4.78 is 0. The minimum absolute atomic E-state index is 0.0713. The van der Waals surface area contributed by atoms with E-state index in [1.165, 1.54) is 17.8 Å². The summed E-state index contributed by atoms with van der Waals surface area (Å²) in [5, 5.41) is 15.4. The van der Waals surface area contributed by atoms with Gasteiger partial charge in [0.2, 0.25) is 0 Å². The second-order valence-electron chi connectivity index (χ2n) is 3.87. The summed E-state index contributed by atoms with van der Waals surface area (Å²) in [4.78, 5) is 15.6. The molecule has 2 rings (SSSR count). The van der Waals surface area contributed by atoms with Crippen LogP contribution < -0.4 is 10.6 Å². The van der Waals surface area contributed by atoms with Gasteiger partial charge in [0.15, 0.2) is 5.69 Å². The standard InChI is InChI=1S/C12H15N3O2/c16-10-2-1-5-14-11(10)12(17)15-8-9-3-6-13-7-4-9/h1-3,5,13,16H,4,6-8H2,(H,15,17). The molecule has 5 nitrogen and oxygen atoms in total. The smallest absolute Gasteiger partial charge is 0.273 e. The number of amides is 1. The van der Waals surface area contributed by atoms with Gasteiger partial charge < -0.3 is 15.7 Å². The molecular formula is C12H15N3O2. The minimum Gasteiger partial charge on any atom is -0.505 e. The Morgan fingerprint density at radius 3 is 3.18 bits per heavy atom. The molecule has 0 saturated heterocycles. The van der Waals surface area contributed by atoms with E-state index in [2.05, 4.69) is 21.7 Å². The van der Waals surface area contributed by atoms with Gasteiger partial charge in [-0.15, -0.1) is 0 Å². The Morgan fingerprint density at radius 2 is 2.47 bits per heavy atom.